The maximum Gasteiger partial charge on any atom is 0.234 e. The fourth-order valence-electron chi connectivity index (χ4n) is 1.41. The van der Waals surface area contributed by atoms with E-state index in [1.165, 1.54) is 0 Å². The van der Waals surface area contributed by atoms with Gasteiger partial charge in [-0.05, 0) is 12.0 Å². The van der Waals surface area contributed by atoms with Crippen LogP contribution in [0.1, 0.15) is 5.56 Å². The number of rotatable bonds is 4. The summed E-state index contributed by atoms with van der Waals surface area (Å²) in [6.07, 6.45) is 5.77. The van der Waals surface area contributed by atoms with E-state index in [-0.39, 0.29) is 11.8 Å². The summed E-state index contributed by atoms with van der Waals surface area (Å²) >= 11 is 11.2. The Morgan fingerprint density at radius 1 is 1.47 bits per heavy atom. The van der Waals surface area contributed by atoms with Gasteiger partial charge in [0, 0.05) is 18.9 Å². The van der Waals surface area contributed by atoms with Crippen LogP contribution in [0.3, 0.4) is 0 Å². The summed E-state index contributed by atoms with van der Waals surface area (Å²) in [7, 11) is 0. The maximum atomic E-state index is 10.9. The van der Waals surface area contributed by atoms with Crippen molar-refractivity contribution >= 4 is 34.8 Å². The van der Waals surface area contributed by atoms with Crippen molar-refractivity contribution in [2.45, 2.75) is 6.42 Å². The number of hydrogen-bond donors (Lipinski definition) is 1. The molecule has 0 aliphatic carbocycles. The summed E-state index contributed by atoms with van der Waals surface area (Å²) in [5.41, 5.74) is 1.59. The molecule has 0 unspecified atom stereocenters. The van der Waals surface area contributed by atoms with Gasteiger partial charge in [-0.15, -0.1) is 11.6 Å². The molecule has 5 nitrogen and oxygen atoms in total. The van der Waals surface area contributed by atoms with E-state index in [0.717, 1.165) is 5.56 Å². The molecule has 0 atom stereocenters. The topological polar surface area (TPSA) is 59.3 Å². The Labute approximate surface area is 108 Å². The van der Waals surface area contributed by atoms with E-state index in [0.29, 0.717) is 23.6 Å². The zero-order valence-corrected chi connectivity index (χ0v) is 10.4. The van der Waals surface area contributed by atoms with E-state index in [4.69, 9.17) is 23.2 Å². The molecule has 2 rings (SSSR count). The van der Waals surface area contributed by atoms with E-state index in [1.54, 1.807) is 16.9 Å². The predicted molar refractivity (Wildman–Crippen MR) is 65.4 cm³/mol. The molecule has 0 fully saturated rings. The predicted octanol–water partition coefficient (Wildman–Crippen LogP) is 1.28. The molecule has 0 saturated heterocycles. The summed E-state index contributed by atoms with van der Waals surface area (Å²) in [6, 6.07) is 0. The number of nitrogens with zero attached hydrogens (tertiary/aromatic N) is 3. The first kappa shape index (κ1) is 12.1. The number of alkyl halides is 1. The number of carbonyl (C=O) groups excluding carboxylic acids is 1. The van der Waals surface area contributed by atoms with Crippen molar-refractivity contribution in [1.29, 1.82) is 0 Å². The first-order valence-corrected chi connectivity index (χ1v) is 5.92. The Bertz CT molecular complexity index is 540. The fourth-order valence-corrected chi connectivity index (χ4v) is 1.68. The lowest BCUT2D eigenvalue weighted by Crippen LogP contribution is -2.26. The maximum absolute atomic E-state index is 10.9. The molecular weight excluding hydrogens is 263 g/mol. The molecule has 90 valence electrons. The van der Waals surface area contributed by atoms with Crippen LogP contribution >= 0.6 is 23.2 Å². The minimum Gasteiger partial charge on any atom is -0.355 e. The zero-order chi connectivity index (χ0) is 12.3. The molecule has 0 spiro atoms. The molecule has 0 bridgehead atoms. The van der Waals surface area contributed by atoms with Gasteiger partial charge in [0.05, 0.1) is 6.20 Å². The Kier molecular flexibility index (Phi) is 3.81. The fraction of sp³-hybridized carbons (Fsp3) is 0.300. The van der Waals surface area contributed by atoms with Crippen molar-refractivity contribution < 1.29 is 4.79 Å². The van der Waals surface area contributed by atoms with Gasteiger partial charge in [0.15, 0.2) is 5.65 Å². The highest BCUT2D eigenvalue weighted by molar-refractivity contribution is 6.33. The van der Waals surface area contributed by atoms with Gasteiger partial charge < -0.3 is 5.32 Å². The van der Waals surface area contributed by atoms with Gasteiger partial charge in [-0.3, -0.25) is 4.79 Å². The van der Waals surface area contributed by atoms with Crippen molar-refractivity contribution in [3.63, 3.8) is 0 Å². The monoisotopic (exact) mass is 272 g/mol. The lowest BCUT2D eigenvalue weighted by atomic mass is 10.2. The number of fused-ring (bicyclic) bond motifs is 1. The number of hydrogen-bond acceptors (Lipinski definition) is 3. The Morgan fingerprint density at radius 3 is 3.06 bits per heavy atom. The second-order valence-corrected chi connectivity index (χ2v) is 4.13. The number of halogens is 2. The van der Waals surface area contributed by atoms with Crippen molar-refractivity contribution in [3.05, 3.63) is 29.2 Å². The van der Waals surface area contributed by atoms with Crippen LogP contribution in [0.4, 0.5) is 0 Å². The van der Waals surface area contributed by atoms with Crippen molar-refractivity contribution in [3.8, 4) is 0 Å². The Balaban J connectivity index is 2.02. The highest BCUT2D eigenvalue weighted by atomic mass is 35.5. The average molecular weight is 273 g/mol. The first-order chi connectivity index (χ1) is 8.20. The van der Waals surface area contributed by atoms with Crippen molar-refractivity contribution in [2.24, 2.45) is 0 Å². The molecule has 0 aliphatic heterocycles. The van der Waals surface area contributed by atoms with E-state index in [2.05, 4.69) is 15.4 Å². The molecule has 1 N–H and O–H groups in total. The van der Waals surface area contributed by atoms with Crippen LogP contribution < -0.4 is 5.32 Å². The third-order valence-electron chi connectivity index (χ3n) is 2.22. The van der Waals surface area contributed by atoms with Crippen LogP contribution in [0.15, 0.2) is 18.6 Å². The number of aromatic nitrogens is 3. The molecule has 2 aromatic rings. The number of nitrogens with one attached hydrogen (secondary N) is 1. The molecule has 0 aromatic carbocycles. The summed E-state index contributed by atoms with van der Waals surface area (Å²) in [4.78, 5) is 15.1. The van der Waals surface area contributed by atoms with Gasteiger partial charge in [0.25, 0.3) is 0 Å². The van der Waals surface area contributed by atoms with Gasteiger partial charge in [0.2, 0.25) is 5.91 Å². The third kappa shape index (κ3) is 2.87. The van der Waals surface area contributed by atoms with Gasteiger partial charge in [0.1, 0.15) is 10.9 Å². The molecule has 1 amide bonds. The summed E-state index contributed by atoms with van der Waals surface area (Å²) < 4.78 is 1.61. The number of carbonyl (C=O) groups is 1. The molecule has 7 heteroatoms. The first-order valence-electron chi connectivity index (χ1n) is 5.01. The van der Waals surface area contributed by atoms with Gasteiger partial charge in [-0.25, -0.2) is 9.50 Å². The average Bonchev–Trinajstić information content (AvgIpc) is 2.70. The lowest BCUT2D eigenvalue weighted by Gasteiger charge is -2.03. The van der Waals surface area contributed by atoms with Crippen molar-refractivity contribution in [2.75, 3.05) is 12.4 Å². The molecule has 0 radical (unpaired) electrons. The van der Waals surface area contributed by atoms with Gasteiger partial charge in [-0.2, -0.15) is 5.10 Å². The van der Waals surface area contributed by atoms with Gasteiger partial charge >= 0.3 is 0 Å². The Hall–Kier alpha value is -1.33. The highest BCUT2D eigenvalue weighted by Crippen LogP contribution is 2.13. The lowest BCUT2D eigenvalue weighted by molar-refractivity contribution is -0.118. The molecule has 17 heavy (non-hydrogen) atoms. The molecule has 2 heterocycles. The summed E-state index contributed by atoms with van der Waals surface area (Å²) in [6.45, 7) is 0.522. The molecule has 2 aromatic heterocycles. The SMILES string of the molecule is O=C(CCl)NCCc1cnc2c(Cl)cnn2c1. The largest absolute Gasteiger partial charge is 0.355 e. The minimum absolute atomic E-state index is 0.0218. The standard InChI is InChI=1S/C10H10Cl2N4O/c11-3-9(17)13-2-1-7-4-14-10-8(12)5-15-16(10)6-7/h4-6H,1-3H2,(H,13,17). The van der Waals surface area contributed by atoms with E-state index < -0.39 is 0 Å². The van der Waals surface area contributed by atoms with Crippen LogP contribution in [-0.4, -0.2) is 32.9 Å². The second kappa shape index (κ2) is 5.33. The van der Waals surface area contributed by atoms with E-state index >= 15 is 0 Å². The smallest absolute Gasteiger partial charge is 0.234 e. The quantitative estimate of drug-likeness (QED) is 0.854. The third-order valence-corrected chi connectivity index (χ3v) is 2.73. The zero-order valence-electron chi connectivity index (χ0n) is 8.86. The van der Waals surface area contributed by atoms with Crippen LogP contribution in [-0.2, 0) is 11.2 Å². The van der Waals surface area contributed by atoms with E-state index in [1.807, 2.05) is 6.20 Å². The van der Waals surface area contributed by atoms with Crippen molar-refractivity contribution in [1.82, 2.24) is 19.9 Å². The van der Waals surface area contributed by atoms with Crippen LogP contribution in [0.25, 0.3) is 5.65 Å². The second-order valence-electron chi connectivity index (χ2n) is 3.46. The highest BCUT2D eigenvalue weighted by Gasteiger charge is 2.04. The molecule has 0 saturated carbocycles. The Morgan fingerprint density at radius 2 is 2.29 bits per heavy atom. The van der Waals surface area contributed by atoms with Crippen LogP contribution in [0.5, 0.6) is 0 Å². The normalized spacial score (nSPS) is 10.7. The molecule has 0 aliphatic rings. The van der Waals surface area contributed by atoms with Crippen LogP contribution in [0.2, 0.25) is 5.02 Å². The minimum atomic E-state index is -0.178. The number of amides is 1. The van der Waals surface area contributed by atoms with E-state index in [9.17, 15) is 4.79 Å². The molecular formula is C10H10Cl2N4O. The van der Waals surface area contributed by atoms with Gasteiger partial charge in [-0.1, -0.05) is 11.6 Å². The summed E-state index contributed by atoms with van der Waals surface area (Å²) in [5, 5.41) is 7.25. The summed E-state index contributed by atoms with van der Waals surface area (Å²) in [5.74, 6) is -0.200. The van der Waals surface area contributed by atoms with Crippen LogP contribution in [0, 0.1) is 0 Å².